The van der Waals surface area contributed by atoms with Gasteiger partial charge < -0.3 is 9.39 Å². The molecular formula is C14H13BClNO2. The van der Waals surface area contributed by atoms with Gasteiger partial charge in [0.1, 0.15) is 10.8 Å². The monoisotopic (exact) mass is 273 g/mol. The number of rotatable bonds is 2. The quantitative estimate of drug-likeness (QED) is 0.788. The first-order valence-corrected chi connectivity index (χ1v) is 6.56. The lowest BCUT2D eigenvalue weighted by molar-refractivity contribution is 0.333. The van der Waals surface area contributed by atoms with Gasteiger partial charge in [-0.05, 0) is 41.7 Å². The number of hydrogen-bond acceptors (Lipinski definition) is 3. The molecule has 0 spiro atoms. The van der Waals surface area contributed by atoms with Crippen molar-refractivity contribution in [1.29, 1.82) is 0 Å². The third-order valence-corrected chi connectivity index (χ3v) is 3.47. The Hall–Kier alpha value is -1.52. The van der Waals surface area contributed by atoms with E-state index in [0.717, 1.165) is 16.9 Å². The molecule has 1 aliphatic rings. The van der Waals surface area contributed by atoms with Gasteiger partial charge in [0.2, 0.25) is 5.88 Å². The van der Waals surface area contributed by atoms with Crippen LogP contribution in [-0.4, -0.2) is 11.9 Å². The van der Waals surface area contributed by atoms with Crippen LogP contribution in [0.2, 0.25) is 11.8 Å². The summed E-state index contributed by atoms with van der Waals surface area (Å²) in [5, 5.41) is 0.519. The van der Waals surface area contributed by atoms with Gasteiger partial charge in [0.05, 0.1) is 6.61 Å². The smallest absolute Gasteiger partial charge is 0.324 e. The van der Waals surface area contributed by atoms with Gasteiger partial charge in [0.15, 0.2) is 0 Å². The first kappa shape index (κ1) is 12.5. The highest BCUT2D eigenvalue weighted by Crippen LogP contribution is 2.28. The predicted molar refractivity (Wildman–Crippen MR) is 76.5 cm³/mol. The third kappa shape index (κ3) is 2.46. The zero-order valence-electron chi connectivity index (χ0n) is 10.8. The Morgan fingerprint density at radius 2 is 2.21 bits per heavy atom. The van der Waals surface area contributed by atoms with Crippen molar-refractivity contribution in [2.75, 3.05) is 0 Å². The normalized spacial score (nSPS) is 13.5. The molecule has 0 unspecified atom stereocenters. The van der Waals surface area contributed by atoms with Crippen molar-refractivity contribution in [2.24, 2.45) is 0 Å². The Kier molecular flexibility index (Phi) is 3.21. The van der Waals surface area contributed by atoms with Gasteiger partial charge in [-0.15, -0.1) is 0 Å². The van der Waals surface area contributed by atoms with Crippen molar-refractivity contribution in [1.82, 2.24) is 4.98 Å². The topological polar surface area (TPSA) is 31.4 Å². The summed E-state index contributed by atoms with van der Waals surface area (Å²) in [4.78, 5) is 4.20. The van der Waals surface area contributed by atoms with Crippen LogP contribution >= 0.6 is 11.6 Å². The van der Waals surface area contributed by atoms with Crippen LogP contribution in [0.15, 0.2) is 30.5 Å². The molecule has 0 aliphatic carbocycles. The van der Waals surface area contributed by atoms with Crippen molar-refractivity contribution in [2.45, 2.75) is 20.4 Å². The van der Waals surface area contributed by atoms with Gasteiger partial charge in [-0.1, -0.05) is 24.5 Å². The lowest BCUT2D eigenvalue weighted by Crippen LogP contribution is -2.23. The van der Waals surface area contributed by atoms with Crippen LogP contribution in [0.1, 0.15) is 11.1 Å². The number of pyridine rings is 1. The second-order valence-electron chi connectivity index (χ2n) is 4.72. The molecule has 0 amide bonds. The average Bonchev–Trinajstić information content (AvgIpc) is 2.74. The van der Waals surface area contributed by atoms with E-state index in [-0.39, 0.29) is 6.92 Å². The SMILES string of the molecule is CB1OCc2cc(Oc3ncc(C)cc3Cl)ccc21. The van der Waals surface area contributed by atoms with E-state index in [2.05, 4.69) is 4.98 Å². The summed E-state index contributed by atoms with van der Waals surface area (Å²) in [6.07, 6.45) is 1.74. The van der Waals surface area contributed by atoms with Crippen LogP contribution in [0.4, 0.5) is 0 Å². The summed E-state index contributed by atoms with van der Waals surface area (Å²) in [6.45, 7) is 4.77. The van der Waals surface area contributed by atoms with Crippen molar-refractivity contribution in [3.05, 3.63) is 46.6 Å². The predicted octanol–water partition coefficient (Wildman–Crippen LogP) is 3.19. The highest BCUT2D eigenvalue weighted by atomic mass is 35.5. The maximum Gasteiger partial charge on any atom is 0.324 e. The van der Waals surface area contributed by atoms with Gasteiger partial charge >= 0.3 is 6.92 Å². The number of benzene rings is 1. The number of aromatic nitrogens is 1. The number of hydrogen-bond donors (Lipinski definition) is 0. The largest absolute Gasteiger partial charge is 0.438 e. The van der Waals surface area contributed by atoms with Gasteiger partial charge in [-0.25, -0.2) is 4.98 Å². The minimum absolute atomic E-state index is 0.158. The fourth-order valence-corrected chi connectivity index (χ4v) is 2.44. The van der Waals surface area contributed by atoms with Gasteiger partial charge in [-0.3, -0.25) is 0 Å². The molecule has 5 heteroatoms. The molecule has 3 rings (SSSR count). The van der Waals surface area contributed by atoms with Crippen molar-refractivity contribution < 1.29 is 9.39 Å². The lowest BCUT2D eigenvalue weighted by atomic mass is 9.64. The first-order valence-electron chi connectivity index (χ1n) is 6.18. The van der Waals surface area contributed by atoms with E-state index in [9.17, 15) is 0 Å². The standard InChI is InChI=1S/C14H13BClNO2/c1-9-5-13(16)14(17-7-9)19-11-3-4-12-10(6-11)8-18-15(12)2/h3-7H,8H2,1-2H3. The summed E-state index contributed by atoms with van der Waals surface area (Å²) in [5.74, 6) is 1.16. The summed E-state index contributed by atoms with van der Waals surface area (Å²) in [6, 6.07) is 7.77. The molecule has 0 saturated heterocycles. The molecular weight excluding hydrogens is 260 g/mol. The Labute approximate surface area is 117 Å². The van der Waals surface area contributed by atoms with E-state index in [1.807, 2.05) is 38.0 Å². The molecule has 0 fully saturated rings. The average molecular weight is 274 g/mol. The van der Waals surface area contributed by atoms with Gasteiger partial charge in [-0.2, -0.15) is 0 Å². The summed E-state index contributed by atoms with van der Waals surface area (Å²) in [5.41, 5.74) is 3.39. The molecule has 19 heavy (non-hydrogen) atoms. The number of halogens is 1. The highest BCUT2D eigenvalue weighted by Gasteiger charge is 2.23. The van der Waals surface area contributed by atoms with Gasteiger partial charge in [0, 0.05) is 6.20 Å². The zero-order valence-corrected chi connectivity index (χ0v) is 11.6. The molecule has 0 N–H and O–H groups in total. The summed E-state index contributed by atoms with van der Waals surface area (Å²) < 4.78 is 11.3. The summed E-state index contributed by atoms with van der Waals surface area (Å²) in [7, 11) is 0. The van der Waals surface area contributed by atoms with E-state index in [0.29, 0.717) is 17.5 Å². The lowest BCUT2D eigenvalue weighted by Gasteiger charge is -2.08. The van der Waals surface area contributed by atoms with Crippen LogP contribution in [0.5, 0.6) is 11.6 Å². The second-order valence-corrected chi connectivity index (χ2v) is 5.12. The van der Waals surface area contributed by atoms with Crippen LogP contribution in [0.25, 0.3) is 0 Å². The Morgan fingerprint density at radius 3 is 3.00 bits per heavy atom. The fraction of sp³-hybridized carbons (Fsp3) is 0.214. The van der Waals surface area contributed by atoms with Crippen LogP contribution in [0, 0.1) is 6.92 Å². The fourth-order valence-electron chi connectivity index (χ4n) is 2.18. The van der Waals surface area contributed by atoms with Crippen LogP contribution in [0.3, 0.4) is 0 Å². The van der Waals surface area contributed by atoms with Crippen molar-refractivity contribution >= 4 is 24.0 Å². The van der Waals surface area contributed by atoms with E-state index in [1.165, 1.54) is 5.46 Å². The second kappa shape index (κ2) is 4.87. The molecule has 1 aromatic heterocycles. The molecule has 1 aliphatic heterocycles. The molecule has 3 nitrogen and oxygen atoms in total. The molecule has 2 aromatic rings. The Bertz CT molecular complexity index is 633. The molecule has 0 saturated carbocycles. The van der Waals surface area contributed by atoms with Crippen LogP contribution < -0.4 is 10.2 Å². The zero-order chi connectivity index (χ0) is 13.4. The van der Waals surface area contributed by atoms with Crippen molar-refractivity contribution in [3.8, 4) is 11.6 Å². The number of aryl methyl sites for hydroxylation is 1. The number of nitrogens with zero attached hydrogens (tertiary/aromatic N) is 1. The molecule has 0 atom stereocenters. The van der Waals surface area contributed by atoms with E-state index < -0.39 is 0 Å². The van der Waals surface area contributed by atoms with E-state index >= 15 is 0 Å². The van der Waals surface area contributed by atoms with Gasteiger partial charge in [0.25, 0.3) is 0 Å². The summed E-state index contributed by atoms with van der Waals surface area (Å²) >= 11 is 6.11. The maximum absolute atomic E-state index is 6.11. The van der Waals surface area contributed by atoms with E-state index in [1.54, 1.807) is 6.20 Å². The first-order chi connectivity index (χ1) is 9.13. The van der Waals surface area contributed by atoms with E-state index in [4.69, 9.17) is 21.0 Å². The minimum atomic E-state index is 0.158. The molecule has 1 aromatic carbocycles. The third-order valence-electron chi connectivity index (χ3n) is 3.20. The Balaban J connectivity index is 1.88. The number of ether oxygens (including phenoxy) is 1. The highest BCUT2D eigenvalue weighted by molar-refractivity contribution is 6.67. The molecule has 2 heterocycles. The van der Waals surface area contributed by atoms with Crippen LogP contribution in [-0.2, 0) is 11.3 Å². The molecule has 96 valence electrons. The van der Waals surface area contributed by atoms with Crippen molar-refractivity contribution in [3.63, 3.8) is 0 Å². The number of fused-ring (bicyclic) bond motifs is 1. The molecule has 0 bridgehead atoms. The maximum atomic E-state index is 6.11. The minimum Gasteiger partial charge on any atom is -0.438 e. The Morgan fingerprint density at radius 1 is 1.37 bits per heavy atom. The molecule has 0 radical (unpaired) electrons.